The number of carbonyl (C=O) groups is 1. The Kier molecular flexibility index (Phi) is 6.07. The van der Waals surface area contributed by atoms with Gasteiger partial charge in [-0.1, -0.05) is 0 Å². The summed E-state index contributed by atoms with van der Waals surface area (Å²) in [5.74, 6) is 0.550. The highest BCUT2D eigenvalue weighted by Crippen LogP contribution is 2.26. The number of aromatic nitrogens is 1. The zero-order valence-corrected chi connectivity index (χ0v) is 11.8. The highest BCUT2D eigenvalue weighted by Gasteiger charge is 2.29. The fourth-order valence-corrected chi connectivity index (χ4v) is 1.97. The van der Waals surface area contributed by atoms with E-state index in [4.69, 9.17) is 0 Å². The van der Waals surface area contributed by atoms with Crippen LogP contribution in [0.3, 0.4) is 0 Å². The number of rotatable bonds is 3. The van der Waals surface area contributed by atoms with E-state index >= 15 is 0 Å². The van der Waals surface area contributed by atoms with E-state index in [1.54, 1.807) is 18.3 Å². The lowest BCUT2D eigenvalue weighted by atomic mass is 10.3. The standard InChI is InChI=1S/C12H14F3N3O2.ClH/c13-12(14,15)8-20-11(19)17-9-4-3-5-16-10(9)18-6-1-2-7-18;/h3-5H,1-2,6-8H2,(H,17,19);1H. The van der Waals surface area contributed by atoms with Crippen LogP contribution in [0.2, 0.25) is 0 Å². The second-order valence-electron chi connectivity index (χ2n) is 4.39. The summed E-state index contributed by atoms with van der Waals surface area (Å²) in [4.78, 5) is 17.5. The van der Waals surface area contributed by atoms with Gasteiger partial charge < -0.3 is 9.64 Å². The normalized spacial score (nSPS) is 14.5. The number of hydrogen-bond donors (Lipinski definition) is 1. The zero-order valence-electron chi connectivity index (χ0n) is 11.0. The van der Waals surface area contributed by atoms with Crippen LogP contribution in [0.25, 0.3) is 0 Å². The van der Waals surface area contributed by atoms with Gasteiger partial charge in [0, 0.05) is 19.3 Å². The van der Waals surface area contributed by atoms with E-state index in [-0.39, 0.29) is 12.4 Å². The monoisotopic (exact) mass is 325 g/mol. The number of nitrogens with one attached hydrogen (secondary N) is 1. The molecule has 1 aromatic rings. The van der Waals surface area contributed by atoms with Crippen molar-refractivity contribution in [2.75, 3.05) is 29.9 Å². The molecule has 21 heavy (non-hydrogen) atoms. The smallest absolute Gasteiger partial charge is 0.422 e. The fraction of sp³-hybridized carbons (Fsp3) is 0.500. The average Bonchev–Trinajstić information content (AvgIpc) is 2.90. The third kappa shape index (κ3) is 5.30. The minimum absolute atomic E-state index is 0. The first-order valence-corrected chi connectivity index (χ1v) is 6.16. The van der Waals surface area contributed by atoms with Crippen LogP contribution in [-0.4, -0.2) is 36.9 Å². The summed E-state index contributed by atoms with van der Waals surface area (Å²) >= 11 is 0. The fourth-order valence-electron chi connectivity index (χ4n) is 1.97. The van der Waals surface area contributed by atoms with E-state index in [0.29, 0.717) is 11.5 Å². The van der Waals surface area contributed by atoms with E-state index in [2.05, 4.69) is 15.0 Å². The number of carbonyl (C=O) groups excluding carboxylic acids is 1. The molecule has 1 aliphatic heterocycles. The molecule has 1 amide bonds. The largest absolute Gasteiger partial charge is 0.440 e. The van der Waals surface area contributed by atoms with Crippen LogP contribution in [0.4, 0.5) is 29.5 Å². The van der Waals surface area contributed by atoms with Crippen LogP contribution in [0.1, 0.15) is 12.8 Å². The van der Waals surface area contributed by atoms with Crippen molar-refractivity contribution in [3.05, 3.63) is 18.3 Å². The molecular weight excluding hydrogens is 311 g/mol. The number of ether oxygens (including phenoxy) is 1. The summed E-state index contributed by atoms with van der Waals surface area (Å²) in [5, 5.41) is 2.29. The van der Waals surface area contributed by atoms with Crippen LogP contribution < -0.4 is 10.2 Å². The number of halogens is 4. The predicted molar refractivity (Wildman–Crippen MR) is 74.0 cm³/mol. The molecule has 0 aliphatic carbocycles. The van der Waals surface area contributed by atoms with Gasteiger partial charge in [0.25, 0.3) is 0 Å². The molecule has 0 aromatic carbocycles. The summed E-state index contributed by atoms with van der Waals surface area (Å²) < 4.78 is 40.0. The van der Waals surface area contributed by atoms with Gasteiger partial charge in [0.15, 0.2) is 12.4 Å². The van der Waals surface area contributed by atoms with Gasteiger partial charge in [-0.25, -0.2) is 9.78 Å². The lowest BCUT2D eigenvalue weighted by Gasteiger charge is -2.19. The lowest BCUT2D eigenvalue weighted by Crippen LogP contribution is -2.25. The molecule has 0 radical (unpaired) electrons. The van der Waals surface area contributed by atoms with Crippen molar-refractivity contribution in [3.63, 3.8) is 0 Å². The van der Waals surface area contributed by atoms with Gasteiger partial charge in [-0.05, 0) is 25.0 Å². The summed E-state index contributed by atoms with van der Waals surface area (Å²) in [7, 11) is 0. The van der Waals surface area contributed by atoms with Gasteiger partial charge in [0.2, 0.25) is 0 Å². The quantitative estimate of drug-likeness (QED) is 0.927. The minimum atomic E-state index is -4.54. The second kappa shape index (κ2) is 7.35. The maximum Gasteiger partial charge on any atom is 0.422 e. The number of nitrogens with zero attached hydrogens (tertiary/aromatic N) is 2. The average molecular weight is 326 g/mol. The van der Waals surface area contributed by atoms with E-state index in [1.807, 2.05) is 4.90 Å². The molecule has 1 N–H and O–H groups in total. The van der Waals surface area contributed by atoms with E-state index < -0.39 is 18.9 Å². The topological polar surface area (TPSA) is 54.5 Å². The third-order valence-corrected chi connectivity index (χ3v) is 2.80. The Morgan fingerprint density at radius 2 is 2.05 bits per heavy atom. The first kappa shape index (κ1) is 17.4. The van der Waals surface area contributed by atoms with Crippen molar-refractivity contribution in [1.29, 1.82) is 0 Å². The molecular formula is C12H15ClF3N3O2. The molecule has 1 fully saturated rings. The van der Waals surface area contributed by atoms with Crippen molar-refractivity contribution in [2.24, 2.45) is 0 Å². The molecule has 2 rings (SSSR count). The maximum atomic E-state index is 12.0. The minimum Gasteiger partial charge on any atom is -0.440 e. The second-order valence-corrected chi connectivity index (χ2v) is 4.39. The van der Waals surface area contributed by atoms with Crippen LogP contribution >= 0.6 is 12.4 Å². The highest BCUT2D eigenvalue weighted by molar-refractivity contribution is 5.88. The number of anilines is 2. The van der Waals surface area contributed by atoms with Crippen molar-refractivity contribution >= 4 is 30.0 Å². The van der Waals surface area contributed by atoms with Gasteiger partial charge >= 0.3 is 12.3 Å². The molecule has 1 aromatic heterocycles. The molecule has 0 bridgehead atoms. The Labute approximate surface area is 125 Å². The van der Waals surface area contributed by atoms with Gasteiger partial charge in [0.05, 0.1) is 5.69 Å². The van der Waals surface area contributed by atoms with Crippen LogP contribution in [-0.2, 0) is 4.74 Å². The molecule has 0 saturated carbocycles. The first-order valence-electron chi connectivity index (χ1n) is 6.16. The summed E-state index contributed by atoms with van der Waals surface area (Å²) in [6.07, 6.45) is -2.07. The Hall–Kier alpha value is -1.70. The molecule has 0 atom stereocenters. The first-order chi connectivity index (χ1) is 9.46. The molecule has 2 heterocycles. The Morgan fingerprint density at radius 3 is 2.67 bits per heavy atom. The van der Waals surface area contributed by atoms with Crippen molar-refractivity contribution < 1.29 is 22.7 Å². The van der Waals surface area contributed by atoms with Crippen molar-refractivity contribution in [3.8, 4) is 0 Å². The third-order valence-electron chi connectivity index (χ3n) is 2.80. The van der Waals surface area contributed by atoms with Crippen molar-refractivity contribution in [1.82, 2.24) is 4.98 Å². The molecule has 5 nitrogen and oxygen atoms in total. The summed E-state index contributed by atoms with van der Waals surface area (Å²) in [5.41, 5.74) is 0.349. The molecule has 1 aliphatic rings. The van der Waals surface area contributed by atoms with Gasteiger partial charge in [-0.3, -0.25) is 5.32 Å². The molecule has 9 heteroatoms. The lowest BCUT2D eigenvalue weighted by molar-refractivity contribution is -0.159. The van der Waals surface area contributed by atoms with Crippen LogP contribution in [0.15, 0.2) is 18.3 Å². The van der Waals surface area contributed by atoms with Gasteiger partial charge in [-0.2, -0.15) is 13.2 Å². The summed E-state index contributed by atoms with van der Waals surface area (Å²) in [6.45, 7) is 0.00469. The molecule has 118 valence electrons. The molecule has 0 unspecified atom stereocenters. The SMILES string of the molecule is Cl.O=C(Nc1cccnc1N1CCCC1)OCC(F)(F)F. The highest BCUT2D eigenvalue weighted by atomic mass is 35.5. The molecule has 0 spiro atoms. The Bertz CT molecular complexity index is 479. The van der Waals surface area contributed by atoms with Crippen LogP contribution in [0.5, 0.6) is 0 Å². The van der Waals surface area contributed by atoms with E-state index in [1.165, 1.54) is 0 Å². The number of amides is 1. The van der Waals surface area contributed by atoms with E-state index in [9.17, 15) is 18.0 Å². The van der Waals surface area contributed by atoms with Crippen molar-refractivity contribution in [2.45, 2.75) is 19.0 Å². The van der Waals surface area contributed by atoms with Gasteiger partial charge in [0.1, 0.15) is 0 Å². The molecule has 1 saturated heterocycles. The maximum absolute atomic E-state index is 12.0. The predicted octanol–water partition coefficient (Wildman–Crippen LogP) is 3.21. The number of pyridine rings is 1. The van der Waals surface area contributed by atoms with E-state index in [0.717, 1.165) is 25.9 Å². The number of hydrogen-bond acceptors (Lipinski definition) is 4. The Balaban J connectivity index is 0.00000220. The van der Waals surface area contributed by atoms with Gasteiger partial charge in [-0.15, -0.1) is 12.4 Å². The number of alkyl halides is 3. The summed E-state index contributed by atoms with van der Waals surface area (Å²) in [6, 6.07) is 3.18. The van der Waals surface area contributed by atoms with Crippen LogP contribution in [0, 0.1) is 0 Å². The zero-order chi connectivity index (χ0) is 14.6. The Morgan fingerprint density at radius 1 is 1.38 bits per heavy atom.